The van der Waals surface area contributed by atoms with Gasteiger partial charge in [-0.25, -0.2) is 13.9 Å². The van der Waals surface area contributed by atoms with Crippen LogP contribution in [0.1, 0.15) is 22.7 Å². The summed E-state index contributed by atoms with van der Waals surface area (Å²) in [5.41, 5.74) is 4.43. The average Bonchev–Trinajstić information content (AvgIpc) is 3.41. The predicted octanol–water partition coefficient (Wildman–Crippen LogP) is 4.87. The topological polar surface area (TPSA) is 94.9 Å². The lowest BCUT2D eigenvalue weighted by atomic mass is 10.0. The quantitative estimate of drug-likeness (QED) is 0.287. The number of thiophene rings is 1. The van der Waals surface area contributed by atoms with Crippen molar-refractivity contribution in [2.24, 2.45) is 5.73 Å². The van der Waals surface area contributed by atoms with E-state index in [0.29, 0.717) is 9.21 Å². The molecule has 2 aromatic heterocycles. The first-order valence-corrected chi connectivity index (χ1v) is 12.1. The monoisotopic (exact) mass is 589 g/mol. The van der Waals surface area contributed by atoms with Crippen LogP contribution in [0.2, 0.25) is 4.34 Å². The fourth-order valence-corrected chi connectivity index (χ4v) is 4.74. The molecule has 1 unspecified atom stereocenters. The number of nitrogens with two attached hydrogens (primary N) is 1. The Labute approximate surface area is 229 Å². The van der Waals surface area contributed by atoms with Crippen LogP contribution in [0.5, 0.6) is 0 Å². The number of amides is 1. The maximum atomic E-state index is 14.3. The van der Waals surface area contributed by atoms with Gasteiger partial charge in [-0.3, -0.25) is 9.36 Å². The molecule has 14 heteroatoms. The second-order valence-corrected chi connectivity index (χ2v) is 9.76. The van der Waals surface area contributed by atoms with Gasteiger partial charge in [0, 0.05) is 18.2 Å². The van der Waals surface area contributed by atoms with Gasteiger partial charge in [0.05, 0.1) is 21.3 Å². The molecule has 0 saturated heterocycles. The number of rotatable bonds is 8. The van der Waals surface area contributed by atoms with Gasteiger partial charge in [-0.05, 0) is 29.8 Å². The van der Waals surface area contributed by atoms with E-state index in [4.69, 9.17) is 17.3 Å². The Morgan fingerprint density at radius 1 is 1.11 bits per heavy atom. The molecule has 0 saturated carbocycles. The molecule has 0 aliphatic carbocycles. The Hall–Kier alpha value is -3.19. The highest BCUT2D eigenvalue weighted by molar-refractivity contribution is 7.19. The van der Waals surface area contributed by atoms with Crippen LogP contribution in [0, 0.1) is 5.82 Å². The minimum atomic E-state index is -4.60. The first-order valence-electron chi connectivity index (χ1n) is 10.9. The molecule has 7 nitrogen and oxygen atoms in total. The summed E-state index contributed by atoms with van der Waals surface area (Å²) in [5.74, 6) is -1.01. The lowest BCUT2D eigenvalue weighted by Gasteiger charge is -2.18. The van der Waals surface area contributed by atoms with Crippen molar-refractivity contribution in [1.29, 1.82) is 0 Å². The van der Waals surface area contributed by atoms with Crippen molar-refractivity contribution in [2.75, 3.05) is 6.54 Å². The van der Waals surface area contributed by atoms with Crippen LogP contribution in [0.3, 0.4) is 0 Å². The van der Waals surface area contributed by atoms with Crippen molar-refractivity contribution in [3.05, 3.63) is 98.0 Å². The Balaban J connectivity index is 0.00000400. The average molecular weight is 590 g/mol. The van der Waals surface area contributed by atoms with Crippen LogP contribution in [0.4, 0.5) is 17.6 Å². The largest absolute Gasteiger partial charge is 0.416 e. The van der Waals surface area contributed by atoms with Crippen molar-refractivity contribution < 1.29 is 22.4 Å². The van der Waals surface area contributed by atoms with E-state index in [-0.39, 0.29) is 42.4 Å². The lowest BCUT2D eigenvalue weighted by molar-refractivity contribution is -0.138. The molecule has 4 rings (SSSR count). The maximum absolute atomic E-state index is 14.3. The minimum absolute atomic E-state index is 0. The molecule has 1 atom stereocenters. The molecule has 202 valence electrons. The van der Waals surface area contributed by atoms with E-state index in [1.54, 1.807) is 18.2 Å². The van der Waals surface area contributed by atoms with Crippen LogP contribution in [0.15, 0.2) is 65.5 Å². The van der Waals surface area contributed by atoms with E-state index in [2.05, 4.69) is 10.4 Å². The van der Waals surface area contributed by atoms with Gasteiger partial charge < -0.3 is 11.1 Å². The van der Waals surface area contributed by atoms with Gasteiger partial charge in [-0.1, -0.05) is 48.0 Å². The number of nitrogens with zero attached hydrogens (tertiary/aromatic N) is 3. The lowest BCUT2D eigenvalue weighted by Crippen LogP contribution is -2.37. The molecule has 2 aromatic carbocycles. The highest BCUT2D eigenvalue weighted by Crippen LogP contribution is 2.34. The summed E-state index contributed by atoms with van der Waals surface area (Å²) in [6.07, 6.45) is -4.60. The highest BCUT2D eigenvalue weighted by atomic mass is 35.5. The summed E-state index contributed by atoms with van der Waals surface area (Å²) in [7, 11) is 0. The van der Waals surface area contributed by atoms with Crippen molar-refractivity contribution in [3.63, 3.8) is 0 Å². The van der Waals surface area contributed by atoms with Crippen molar-refractivity contribution in [1.82, 2.24) is 19.7 Å². The molecule has 38 heavy (non-hydrogen) atoms. The third-order valence-corrected chi connectivity index (χ3v) is 6.71. The SMILES string of the molecule is Cl.NC(CNC(=O)Cn1nc(-c2ccc(Cl)s2)n(Cc2ccccc2F)c1=O)c1ccccc1C(F)(F)F. The van der Waals surface area contributed by atoms with E-state index in [1.807, 2.05) is 0 Å². The Bertz CT molecular complexity index is 1480. The fourth-order valence-electron chi connectivity index (χ4n) is 3.70. The second kappa shape index (κ2) is 12.1. The van der Waals surface area contributed by atoms with E-state index >= 15 is 0 Å². The summed E-state index contributed by atoms with van der Waals surface area (Å²) < 4.78 is 56.7. The summed E-state index contributed by atoms with van der Waals surface area (Å²) in [5, 5.41) is 6.69. The number of aromatic nitrogens is 3. The second-order valence-electron chi connectivity index (χ2n) is 8.04. The van der Waals surface area contributed by atoms with Gasteiger partial charge in [0.25, 0.3) is 0 Å². The summed E-state index contributed by atoms with van der Waals surface area (Å²) in [4.78, 5) is 26.2. The Morgan fingerprint density at radius 3 is 2.45 bits per heavy atom. The number of benzene rings is 2. The van der Waals surface area contributed by atoms with Gasteiger partial charge in [0.2, 0.25) is 5.91 Å². The van der Waals surface area contributed by atoms with Gasteiger partial charge in [-0.2, -0.15) is 13.2 Å². The van der Waals surface area contributed by atoms with Crippen LogP contribution in [-0.2, 0) is 24.1 Å². The minimum Gasteiger partial charge on any atom is -0.353 e. The van der Waals surface area contributed by atoms with Crippen molar-refractivity contribution >= 4 is 41.3 Å². The van der Waals surface area contributed by atoms with Crippen LogP contribution in [0.25, 0.3) is 10.7 Å². The number of hydrogen-bond acceptors (Lipinski definition) is 5. The number of hydrogen-bond donors (Lipinski definition) is 2. The van der Waals surface area contributed by atoms with E-state index < -0.39 is 41.7 Å². The summed E-state index contributed by atoms with van der Waals surface area (Å²) in [6.45, 7) is -0.968. The van der Waals surface area contributed by atoms with Crippen molar-refractivity contribution in [3.8, 4) is 10.7 Å². The third-order valence-electron chi connectivity index (χ3n) is 5.48. The third kappa shape index (κ3) is 6.62. The van der Waals surface area contributed by atoms with Gasteiger partial charge in [0.15, 0.2) is 5.82 Å². The molecular weight excluding hydrogens is 569 g/mol. The molecule has 3 N–H and O–H groups in total. The van der Waals surface area contributed by atoms with E-state index in [0.717, 1.165) is 22.1 Å². The molecule has 0 aliphatic heterocycles. The number of carbonyl (C=O) groups excluding carboxylic acids is 1. The van der Waals surface area contributed by atoms with Crippen LogP contribution < -0.4 is 16.7 Å². The van der Waals surface area contributed by atoms with E-state index in [9.17, 15) is 27.2 Å². The summed E-state index contributed by atoms with van der Waals surface area (Å²) >= 11 is 7.18. The Kier molecular flexibility index (Phi) is 9.36. The molecular formula is C24H21Cl2F4N5O2S. The molecule has 1 amide bonds. The first kappa shape index (κ1) is 29.4. The Morgan fingerprint density at radius 2 is 1.79 bits per heavy atom. The zero-order chi connectivity index (χ0) is 26.7. The molecule has 0 spiro atoms. The van der Waals surface area contributed by atoms with E-state index in [1.165, 1.54) is 41.0 Å². The molecule has 0 aliphatic rings. The van der Waals surface area contributed by atoms with Gasteiger partial charge in [-0.15, -0.1) is 28.8 Å². The molecule has 0 radical (unpaired) electrons. The molecule has 0 bridgehead atoms. The number of carbonyl (C=O) groups is 1. The molecule has 4 aromatic rings. The number of alkyl halides is 3. The van der Waals surface area contributed by atoms with Gasteiger partial charge >= 0.3 is 11.9 Å². The highest BCUT2D eigenvalue weighted by Gasteiger charge is 2.34. The zero-order valence-corrected chi connectivity index (χ0v) is 21.8. The number of halogens is 6. The smallest absolute Gasteiger partial charge is 0.353 e. The van der Waals surface area contributed by atoms with Crippen molar-refractivity contribution in [2.45, 2.75) is 25.3 Å². The zero-order valence-electron chi connectivity index (χ0n) is 19.4. The van der Waals surface area contributed by atoms with Crippen LogP contribution >= 0.6 is 35.3 Å². The number of nitrogens with one attached hydrogen (secondary N) is 1. The molecule has 0 fully saturated rings. The normalized spacial score (nSPS) is 12.2. The van der Waals surface area contributed by atoms with Crippen LogP contribution in [-0.4, -0.2) is 26.8 Å². The predicted molar refractivity (Wildman–Crippen MR) is 139 cm³/mol. The van der Waals surface area contributed by atoms with Gasteiger partial charge in [0.1, 0.15) is 12.4 Å². The maximum Gasteiger partial charge on any atom is 0.416 e. The first-order chi connectivity index (χ1) is 17.5. The fraction of sp³-hybridized carbons (Fsp3) is 0.208. The molecule has 2 heterocycles. The summed E-state index contributed by atoms with van der Waals surface area (Å²) in [6, 6.07) is 12.9. The standard InChI is InChI=1S/C24H20ClF4N5O2S.ClH/c25-20-10-9-19(37-20)22-32-34(23(36)33(22)12-14-5-1-4-8-17(14)26)13-21(35)31-11-18(30)15-6-2-3-7-16(15)24(27,28)29;/h1-10,18H,11-13,30H2,(H,31,35);1H.